The largest absolute Gasteiger partial charge is 0.446 e. The SMILES string of the molecule is O=C(NC[C@H]1O[C@@](O)(Cc2ccccc2)[C@H](NC(=O)c2ccc(-c3ccc(C(=O)N[C@@H]4[C@@H](OS(=O)(=O)O)[C@H](OS(=O)(=O)O)[C@@H](CNC(=O)/C(=C/[C@H](OS(=O)(=O)O)[C@@H](COS(=O)(=O)O)OS(=O)(=O)O)OS(=O)(=O)O)O[C@@]4(O)Cc4ccccc4)cc3)cc2)[C@@H](OS(=O)(=O)O)[C@@H]1OS(=O)(=O)O)/C(=C/[C@H](OS(=O)(=O)O)[C@@H](COS(=O)(=O)O)OS(=O)(=O)O)OS(=O)(=O)O. The molecule has 0 bridgehead atoms. The van der Waals surface area contributed by atoms with Crippen molar-refractivity contribution in [2.24, 2.45) is 0 Å². The van der Waals surface area contributed by atoms with E-state index in [0.29, 0.717) is 0 Å². The van der Waals surface area contributed by atoms with Crippen LogP contribution in [0.1, 0.15) is 31.8 Å². The van der Waals surface area contributed by atoms with Crippen LogP contribution in [0.2, 0.25) is 0 Å². The first-order valence-corrected chi connectivity index (χ1v) is 48.1. The summed E-state index contributed by atoms with van der Waals surface area (Å²) in [7, 11) is -72.8. The Balaban J connectivity index is 1.37. The smallest absolute Gasteiger partial charge is 0.363 e. The number of benzene rings is 4. The summed E-state index contributed by atoms with van der Waals surface area (Å²) in [5.41, 5.74) is -1.28. The van der Waals surface area contributed by atoms with E-state index in [-0.39, 0.29) is 22.3 Å². The standard InChI is InChI=1S/C52H62N4O56S12/c57-47(55-45-43(111-123(93,94)95)41(109-121(87,88)89)37(101-51(45,61)21-27-7-3-1-4-8-27)23-53-49(59)35(105-117(75,76)77)19-33(103-115(69,70)71)39(107-119(81,82)83)25-99-113(63,64)65)31-15-11-29(12-16-31)30-13-17-32(18-14-30)48(58)56-46-44(112-124(96,97)98)42(110-122(90,91)92)38(102-52(46,62)22-28-9-5-2-6-10-28)24-54-50(60)36(106-118(78,79)80)20-34(104-116(72,73)74)40(108-120(84,85)86)26-100-114(66,67)68/h1-20,33-34,37-46,61-62H,21-26H2,(H,53,59)(H,54,60)(H,55,57)(H,56,58)(H,63,64,65)(H,66,67,68)(H,69,70,71)(H,72,73,74)(H,75,76,77)(H,78,79,80)(H,81,82,83)(H,84,85,86)(H,87,88,89)(H,90,91,92)(H,93,94,95)(H,96,97,98)/b35-19-,36-20-/t33-,34-,37+,38+,39+,40+,41+,42+,43-,44-,45+,46+,51-,52-/m0/s1. The minimum atomic E-state index is -6.18. The predicted octanol–water partition coefficient (Wildman–Crippen LogP) is -7.01. The highest BCUT2D eigenvalue weighted by atomic mass is 32.3. The summed E-state index contributed by atoms with van der Waals surface area (Å²) in [5, 5.41) is 32.5. The number of hydrogen-bond acceptors (Lipinski definition) is 44. The number of ether oxygens (including phenoxy) is 2. The highest BCUT2D eigenvalue weighted by Gasteiger charge is 2.61. The van der Waals surface area contributed by atoms with Crippen LogP contribution in [0.15, 0.2) is 133 Å². The van der Waals surface area contributed by atoms with E-state index in [1.165, 1.54) is 60.7 Å². The molecule has 0 spiro atoms. The molecule has 14 atom stereocenters. The van der Waals surface area contributed by atoms with Gasteiger partial charge in [-0.2, -0.15) is 101 Å². The summed E-state index contributed by atoms with van der Waals surface area (Å²) in [5.74, 6) is -18.6. The fraction of sp³-hybridized carbons (Fsp3) is 0.385. The van der Waals surface area contributed by atoms with Crippen LogP contribution in [0.4, 0.5) is 0 Å². The maximum Gasteiger partial charge on any atom is 0.446 e. The average molecular weight is 2020 g/mol. The number of aliphatic hydroxyl groups is 2. The van der Waals surface area contributed by atoms with Crippen LogP contribution in [-0.4, -0.2) is 300 Å². The summed E-state index contributed by atoms with van der Waals surface area (Å²) in [6, 6.07) is 15.4. The maximum atomic E-state index is 14.4. The second kappa shape index (κ2) is 40.7. The van der Waals surface area contributed by atoms with Gasteiger partial charge in [-0.25, -0.2) is 41.8 Å². The maximum absolute atomic E-state index is 14.4. The zero-order valence-corrected chi connectivity index (χ0v) is 69.8. The molecule has 6 rings (SSSR count). The molecule has 124 heavy (non-hydrogen) atoms. The van der Waals surface area contributed by atoms with E-state index in [4.69, 9.17) is 26.9 Å². The van der Waals surface area contributed by atoms with Gasteiger partial charge >= 0.3 is 125 Å². The van der Waals surface area contributed by atoms with Gasteiger partial charge in [-0.05, 0) is 58.7 Å². The number of amides is 4. The lowest BCUT2D eigenvalue weighted by Crippen LogP contribution is -2.72. The molecule has 4 aromatic rings. The van der Waals surface area contributed by atoms with Crippen LogP contribution in [-0.2, 0) is 207 Å². The first kappa shape index (κ1) is 105. The minimum Gasteiger partial charge on any atom is -0.363 e. The number of nitrogens with one attached hydrogen (secondary N) is 4. The molecule has 0 unspecified atom stereocenters. The van der Waals surface area contributed by atoms with Crippen molar-refractivity contribution in [1.82, 2.24) is 21.3 Å². The Labute approximate surface area is 700 Å². The van der Waals surface area contributed by atoms with Crippen LogP contribution < -0.4 is 21.3 Å². The molecule has 2 aliphatic rings. The van der Waals surface area contributed by atoms with Gasteiger partial charge in [-0.3, -0.25) is 73.8 Å². The molecular weight excluding hydrogens is 1960 g/mol. The van der Waals surface area contributed by atoms with Crippen molar-refractivity contribution < 1.29 is 245 Å². The van der Waals surface area contributed by atoms with Gasteiger partial charge in [0.1, 0.15) is 73.1 Å². The molecule has 698 valence electrons. The van der Waals surface area contributed by atoms with E-state index < -0.39 is 307 Å². The summed E-state index contributed by atoms with van der Waals surface area (Å²) in [6.45, 7) is -7.48. The summed E-state index contributed by atoms with van der Waals surface area (Å²) in [4.78, 5) is 56.5. The Morgan fingerprint density at radius 1 is 0.355 bits per heavy atom. The Hall–Kier alpha value is -7.80. The van der Waals surface area contributed by atoms with Gasteiger partial charge in [0.15, 0.2) is 11.6 Å². The van der Waals surface area contributed by atoms with Crippen LogP contribution >= 0.6 is 0 Å². The minimum absolute atomic E-state index is 0.0324. The van der Waals surface area contributed by atoms with Gasteiger partial charge in [0, 0.05) is 37.1 Å². The Morgan fingerprint density at radius 3 is 0.879 bits per heavy atom. The molecule has 0 aliphatic carbocycles. The quantitative estimate of drug-likeness (QED) is 0.0111. The first-order chi connectivity index (χ1) is 56.2. The first-order valence-electron chi connectivity index (χ1n) is 31.7. The fourth-order valence-corrected chi connectivity index (χ4v) is 16.3. The zero-order chi connectivity index (χ0) is 94.0. The van der Waals surface area contributed by atoms with E-state index >= 15 is 0 Å². The van der Waals surface area contributed by atoms with Gasteiger partial charge in [0.05, 0.1) is 13.2 Å². The number of carbonyl (C=O) groups excluding carboxylic acids is 4. The Bertz CT molecular complexity index is 5730. The van der Waals surface area contributed by atoms with Crippen molar-refractivity contribution in [3.8, 4) is 11.1 Å². The van der Waals surface area contributed by atoms with Crippen molar-refractivity contribution in [3.63, 3.8) is 0 Å². The zero-order valence-electron chi connectivity index (χ0n) is 60.0. The Morgan fingerprint density at radius 2 is 0.629 bits per heavy atom. The van der Waals surface area contributed by atoms with Crippen molar-refractivity contribution in [2.75, 3.05) is 26.3 Å². The molecule has 0 aromatic heterocycles. The molecular formula is C52H62N4O56S12. The summed E-state index contributed by atoms with van der Waals surface area (Å²) < 4.78 is 467. The molecule has 2 aliphatic heterocycles. The lowest BCUT2D eigenvalue weighted by molar-refractivity contribution is -0.304. The summed E-state index contributed by atoms with van der Waals surface area (Å²) >= 11 is 0. The van der Waals surface area contributed by atoms with E-state index in [2.05, 4.69) is 52.5 Å². The van der Waals surface area contributed by atoms with E-state index in [1.807, 2.05) is 0 Å². The summed E-state index contributed by atoms with van der Waals surface area (Å²) in [6.07, 6.45) is -33.3. The van der Waals surface area contributed by atoms with Crippen LogP contribution in [0.5, 0.6) is 0 Å². The van der Waals surface area contributed by atoms with Crippen molar-refractivity contribution in [3.05, 3.63) is 155 Å². The van der Waals surface area contributed by atoms with Gasteiger partial charge < -0.3 is 49.3 Å². The molecule has 18 N–H and O–H groups in total. The average Bonchev–Trinajstić information content (AvgIpc) is 0.749. The number of hydrogen-bond donors (Lipinski definition) is 18. The third kappa shape index (κ3) is 36.5. The van der Waals surface area contributed by atoms with Crippen molar-refractivity contribution in [2.45, 2.75) is 97.5 Å². The molecule has 2 heterocycles. The van der Waals surface area contributed by atoms with Crippen LogP contribution in [0.3, 0.4) is 0 Å². The lowest BCUT2D eigenvalue weighted by Gasteiger charge is -2.49. The van der Waals surface area contributed by atoms with Gasteiger partial charge in [-0.15, -0.1) is 0 Å². The monoisotopic (exact) mass is 2020 g/mol. The Kier molecular flexibility index (Phi) is 34.4. The van der Waals surface area contributed by atoms with Crippen molar-refractivity contribution >= 4 is 148 Å². The van der Waals surface area contributed by atoms with Gasteiger partial charge in [0.2, 0.25) is 11.5 Å². The molecule has 4 amide bonds. The van der Waals surface area contributed by atoms with E-state index in [9.17, 15) is 176 Å². The normalized spacial score (nSPS) is 23.0. The third-order valence-electron chi connectivity index (χ3n) is 15.3. The molecule has 0 radical (unpaired) electrons. The van der Waals surface area contributed by atoms with E-state index in [1.54, 1.807) is 10.6 Å². The molecule has 60 nitrogen and oxygen atoms in total. The van der Waals surface area contributed by atoms with Crippen molar-refractivity contribution in [1.29, 1.82) is 0 Å². The second-order valence-electron chi connectivity index (χ2n) is 24.4. The molecule has 72 heteroatoms. The van der Waals surface area contributed by atoms with Gasteiger partial charge in [0.25, 0.3) is 23.6 Å². The fourth-order valence-electron chi connectivity index (χ4n) is 11.0. The predicted molar refractivity (Wildman–Crippen MR) is 388 cm³/mol. The topological polar surface area (TPSA) is 939 Å². The lowest BCUT2D eigenvalue weighted by atomic mass is 9.86. The number of rotatable bonds is 45. The molecule has 0 saturated carbocycles. The molecule has 4 aromatic carbocycles. The van der Waals surface area contributed by atoms with Crippen LogP contribution in [0.25, 0.3) is 11.1 Å². The van der Waals surface area contributed by atoms with Crippen LogP contribution in [0, 0.1) is 0 Å². The third-order valence-corrected chi connectivity index (χ3v) is 20.7. The number of carbonyl (C=O) groups is 4. The highest BCUT2D eigenvalue weighted by Crippen LogP contribution is 2.39. The second-order valence-corrected chi connectivity index (χ2v) is 37.0. The van der Waals surface area contributed by atoms with Gasteiger partial charge in [-0.1, -0.05) is 84.9 Å². The van der Waals surface area contributed by atoms with E-state index in [0.717, 1.165) is 48.5 Å². The highest BCUT2D eigenvalue weighted by molar-refractivity contribution is 7.83. The molecule has 2 saturated heterocycles. The molecule has 2 fully saturated rings.